The molecular formula is C23H24ClN5O5. The van der Waals surface area contributed by atoms with Gasteiger partial charge in [-0.05, 0) is 38.1 Å². The van der Waals surface area contributed by atoms with Gasteiger partial charge in [-0.15, -0.1) is 0 Å². The summed E-state index contributed by atoms with van der Waals surface area (Å²) in [6.07, 6.45) is 0. The van der Waals surface area contributed by atoms with Gasteiger partial charge < -0.3 is 19.3 Å². The van der Waals surface area contributed by atoms with E-state index in [0.717, 1.165) is 0 Å². The number of ether oxygens (including phenoxy) is 2. The molecular weight excluding hydrogens is 462 g/mol. The molecule has 0 fully saturated rings. The lowest BCUT2D eigenvalue weighted by molar-refractivity contribution is -0.116. The molecule has 0 radical (unpaired) electrons. The van der Waals surface area contributed by atoms with E-state index in [1.54, 1.807) is 23.6 Å². The number of hydrogen-bond donors (Lipinski definition) is 1. The molecule has 0 atom stereocenters. The second kappa shape index (κ2) is 9.22. The number of carbonyl (C=O) groups is 1. The number of methoxy groups -OCH3 is 2. The molecule has 4 rings (SSSR count). The number of aryl methyl sites for hydroxylation is 1. The van der Waals surface area contributed by atoms with Gasteiger partial charge in [0.1, 0.15) is 18.0 Å². The third-order valence-corrected chi connectivity index (χ3v) is 5.61. The monoisotopic (exact) mass is 485 g/mol. The van der Waals surface area contributed by atoms with Gasteiger partial charge in [0.2, 0.25) is 17.6 Å². The maximum atomic E-state index is 13.3. The number of aromatic nitrogens is 4. The molecule has 2 heterocycles. The highest BCUT2D eigenvalue weighted by molar-refractivity contribution is 6.32. The van der Waals surface area contributed by atoms with E-state index >= 15 is 0 Å². The SMILES string of the molecule is COc1cc(OC)c(NC(=O)Cn2c(=O)n(C(C)C)c3ccc(-c4noc(C)n4)cc32)cc1Cl. The summed E-state index contributed by atoms with van der Waals surface area (Å²) in [7, 11) is 2.96. The number of fused-ring (bicyclic) bond motifs is 1. The second-order valence-electron chi connectivity index (χ2n) is 7.91. The Labute approximate surface area is 200 Å². The van der Waals surface area contributed by atoms with Crippen molar-refractivity contribution in [2.24, 2.45) is 0 Å². The molecule has 178 valence electrons. The van der Waals surface area contributed by atoms with Crippen molar-refractivity contribution >= 4 is 34.2 Å². The summed E-state index contributed by atoms with van der Waals surface area (Å²) in [5, 5.41) is 7.03. The van der Waals surface area contributed by atoms with Crippen molar-refractivity contribution in [2.75, 3.05) is 19.5 Å². The smallest absolute Gasteiger partial charge is 0.329 e. The lowest BCUT2D eigenvalue weighted by Crippen LogP contribution is -2.30. The van der Waals surface area contributed by atoms with Crippen molar-refractivity contribution < 1.29 is 18.8 Å². The van der Waals surface area contributed by atoms with Crippen molar-refractivity contribution in [3.8, 4) is 22.9 Å². The van der Waals surface area contributed by atoms with Crippen LogP contribution in [0.2, 0.25) is 5.02 Å². The molecule has 0 aliphatic heterocycles. The van der Waals surface area contributed by atoms with E-state index in [-0.39, 0.29) is 18.3 Å². The number of anilines is 1. The van der Waals surface area contributed by atoms with Gasteiger partial charge in [-0.2, -0.15) is 4.98 Å². The van der Waals surface area contributed by atoms with Crippen molar-refractivity contribution in [1.29, 1.82) is 0 Å². The summed E-state index contributed by atoms with van der Waals surface area (Å²) in [6.45, 7) is 5.29. The summed E-state index contributed by atoms with van der Waals surface area (Å²) >= 11 is 6.21. The van der Waals surface area contributed by atoms with Crippen LogP contribution in [-0.4, -0.2) is 39.4 Å². The molecule has 34 heavy (non-hydrogen) atoms. The van der Waals surface area contributed by atoms with Crippen molar-refractivity contribution in [3.05, 3.63) is 51.7 Å². The van der Waals surface area contributed by atoms with Gasteiger partial charge in [0.15, 0.2) is 0 Å². The van der Waals surface area contributed by atoms with Gasteiger partial charge in [0.05, 0.1) is 36.0 Å². The van der Waals surface area contributed by atoms with E-state index in [9.17, 15) is 9.59 Å². The molecule has 2 aromatic carbocycles. The van der Waals surface area contributed by atoms with Gasteiger partial charge in [-0.25, -0.2) is 4.79 Å². The zero-order valence-corrected chi connectivity index (χ0v) is 20.1. The number of halogens is 1. The Hall–Kier alpha value is -3.79. The summed E-state index contributed by atoms with van der Waals surface area (Å²) in [4.78, 5) is 30.5. The van der Waals surface area contributed by atoms with Gasteiger partial charge in [0.25, 0.3) is 0 Å². The lowest BCUT2D eigenvalue weighted by atomic mass is 10.2. The predicted molar refractivity (Wildman–Crippen MR) is 128 cm³/mol. The molecule has 0 aliphatic carbocycles. The number of nitrogens with zero attached hydrogens (tertiary/aromatic N) is 4. The Bertz CT molecular complexity index is 1440. The Morgan fingerprint density at radius 1 is 1.15 bits per heavy atom. The Morgan fingerprint density at radius 3 is 2.50 bits per heavy atom. The molecule has 1 amide bonds. The average molecular weight is 486 g/mol. The minimum absolute atomic E-state index is 0.113. The number of amides is 1. The van der Waals surface area contributed by atoms with Gasteiger partial charge in [-0.3, -0.25) is 13.9 Å². The number of imidazole rings is 1. The molecule has 2 aromatic heterocycles. The van der Waals surface area contributed by atoms with Crippen LogP contribution in [0.15, 0.2) is 39.6 Å². The zero-order valence-electron chi connectivity index (χ0n) is 19.4. The van der Waals surface area contributed by atoms with Crippen LogP contribution in [0.25, 0.3) is 22.4 Å². The molecule has 4 aromatic rings. The molecule has 10 nitrogen and oxygen atoms in total. The minimum Gasteiger partial charge on any atom is -0.495 e. The number of rotatable bonds is 7. The van der Waals surface area contributed by atoms with Crippen LogP contribution in [-0.2, 0) is 11.3 Å². The summed E-state index contributed by atoms with van der Waals surface area (Å²) in [5.74, 6) is 1.19. The maximum absolute atomic E-state index is 13.3. The average Bonchev–Trinajstić information content (AvgIpc) is 3.34. The zero-order chi connectivity index (χ0) is 24.6. The normalized spacial score (nSPS) is 11.3. The van der Waals surface area contributed by atoms with Crippen LogP contribution in [0.3, 0.4) is 0 Å². The fourth-order valence-electron chi connectivity index (χ4n) is 3.78. The molecule has 0 bridgehead atoms. The van der Waals surface area contributed by atoms with Crippen LogP contribution in [0, 0.1) is 6.92 Å². The summed E-state index contributed by atoms with van der Waals surface area (Å²) < 4.78 is 18.7. The Kier molecular flexibility index (Phi) is 6.34. The standard InChI is InChI=1S/C23H24ClN5O5/c1-12(2)29-17-7-6-14(22-25-13(3)34-27-22)8-18(17)28(23(29)31)11-21(30)26-16-9-15(24)19(32-4)10-20(16)33-5/h6-10,12H,11H2,1-5H3,(H,26,30). The van der Waals surface area contributed by atoms with Crippen molar-refractivity contribution in [3.63, 3.8) is 0 Å². The fraction of sp³-hybridized carbons (Fsp3) is 0.304. The Balaban J connectivity index is 1.73. The predicted octanol–water partition coefficient (Wildman–Crippen LogP) is 4.05. The molecule has 0 aliphatic rings. The summed E-state index contributed by atoms with van der Waals surface area (Å²) in [5.41, 5.74) is 2.00. The number of benzene rings is 2. The van der Waals surface area contributed by atoms with Crippen LogP contribution < -0.4 is 20.5 Å². The highest BCUT2D eigenvalue weighted by Gasteiger charge is 2.20. The molecule has 11 heteroatoms. The topological polar surface area (TPSA) is 113 Å². The highest BCUT2D eigenvalue weighted by atomic mass is 35.5. The first-order valence-electron chi connectivity index (χ1n) is 10.5. The molecule has 1 N–H and O–H groups in total. The first-order valence-corrected chi connectivity index (χ1v) is 10.9. The minimum atomic E-state index is -0.426. The quantitative estimate of drug-likeness (QED) is 0.420. The third kappa shape index (κ3) is 4.24. The number of hydrogen-bond acceptors (Lipinski definition) is 7. The number of carbonyl (C=O) groups excluding carboxylic acids is 1. The van der Waals surface area contributed by atoms with E-state index < -0.39 is 5.91 Å². The van der Waals surface area contributed by atoms with E-state index in [4.69, 9.17) is 25.6 Å². The first kappa shape index (κ1) is 23.4. The van der Waals surface area contributed by atoms with Crippen LogP contribution in [0.1, 0.15) is 25.8 Å². The van der Waals surface area contributed by atoms with Gasteiger partial charge >= 0.3 is 5.69 Å². The fourth-order valence-corrected chi connectivity index (χ4v) is 4.02. The van der Waals surface area contributed by atoms with Crippen molar-refractivity contribution in [1.82, 2.24) is 19.3 Å². The first-order chi connectivity index (χ1) is 16.2. The molecule has 0 saturated carbocycles. The highest BCUT2D eigenvalue weighted by Crippen LogP contribution is 2.36. The molecule has 0 unspecified atom stereocenters. The van der Waals surface area contributed by atoms with Crippen LogP contribution in [0.4, 0.5) is 5.69 Å². The summed E-state index contributed by atoms with van der Waals surface area (Å²) in [6, 6.07) is 8.41. The van der Waals surface area contributed by atoms with Crippen molar-refractivity contribution in [2.45, 2.75) is 33.4 Å². The van der Waals surface area contributed by atoms with Crippen LogP contribution in [0.5, 0.6) is 11.5 Å². The Morgan fingerprint density at radius 2 is 1.88 bits per heavy atom. The van der Waals surface area contributed by atoms with Crippen LogP contribution >= 0.6 is 11.6 Å². The lowest BCUT2D eigenvalue weighted by Gasteiger charge is -2.13. The third-order valence-electron chi connectivity index (χ3n) is 5.31. The largest absolute Gasteiger partial charge is 0.495 e. The van der Waals surface area contributed by atoms with Gasteiger partial charge in [-0.1, -0.05) is 16.8 Å². The maximum Gasteiger partial charge on any atom is 0.329 e. The van der Waals surface area contributed by atoms with E-state index in [2.05, 4.69) is 15.5 Å². The van der Waals surface area contributed by atoms with E-state index in [1.807, 2.05) is 26.0 Å². The molecule has 0 spiro atoms. The van der Waals surface area contributed by atoms with E-state index in [0.29, 0.717) is 50.5 Å². The number of nitrogens with one attached hydrogen (secondary N) is 1. The van der Waals surface area contributed by atoms with E-state index in [1.165, 1.54) is 24.9 Å². The van der Waals surface area contributed by atoms with Gasteiger partial charge in [0, 0.05) is 24.6 Å². The second-order valence-corrected chi connectivity index (χ2v) is 8.32. The molecule has 0 saturated heterocycles.